The zero-order valence-corrected chi connectivity index (χ0v) is 5.73. The van der Waals surface area contributed by atoms with Crippen molar-refractivity contribution in [3.8, 4) is 0 Å². The van der Waals surface area contributed by atoms with Crippen LogP contribution in [0.4, 0.5) is 17.6 Å². The molecule has 0 aliphatic carbocycles. The standard InChI is InChI=1S/C6H5F4NO/c7-4-2-12-1-3(4)5(11)6(8,9)10/h1-2,5H,11H2/t5-/m1/s1. The Labute approximate surface area is 65.0 Å². The maximum absolute atomic E-state index is 12.5. The van der Waals surface area contributed by atoms with Crippen LogP contribution in [0.3, 0.4) is 0 Å². The van der Waals surface area contributed by atoms with Gasteiger partial charge < -0.3 is 10.2 Å². The highest BCUT2D eigenvalue weighted by Crippen LogP contribution is 2.31. The molecule has 1 aromatic rings. The fourth-order valence-corrected chi connectivity index (χ4v) is 0.690. The lowest BCUT2D eigenvalue weighted by Gasteiger charge is -2.13. The summed E-state index contributed by atoms with van der Waals surface area (Å²) in [7, 11) is 0. The molecule has 1 heterocycles. The van der Waals surface area contributed by atoms with Gasteiger partial charge in [0.25, 0.3) is 0 Å². The molecule has 0 saturated carbocycles. The molecule has 0 unspecified atom stereocenters. The van der Waals surface area contributed by atoms with Gasteiger partial charge in [-0.15, -0.1) is 0 Å². The second-order valence-electron chi connectivity index (χ2n) is 2.19. The Morgan fingerprint density at radius 3 is 2.25 bits per heavy atom. The van der Waals surface area contributed by atoms with Gasteiger partial charge in [0.1, 0.15) is 12.3 Å². The minimum atomic E-state index is -4.65. The van der Waals surface area contributed by atoms with Crippen molar-refractivity contribution >= 4 is 0 Å². The van der Waals surface area contributed by atoms with Gasteiger partial charge in [0.05, 0.1) is 11.8 Å². The van der Waals surface area contributed by atoms with Crippen molar-refractivity contribution in [2.75, 3.05) is 0 Å². The van der Waals surface area contributed by atoms with Crippen LogP contribution in [-0.2, 0) is 0 Å². The highest BCUT2D eigenvalue weighted by molar-refractivity contribution is 5.15. The average Bonchev–Trinajstić information content (AvgIpc) is 2.31. The molecule has 2 nitrogen and oxygen atoms in total. The van der Waals surface area contributed by atoms with E-state index in [1.54, 1.807) is 0 Å². The third-order valence-electron chi connectivity index (χ3n) is 1.33. The summed E-state index contributed by atoms with van der Waals surface area (Å²) in [5.74, 6) is -1.08. The summed E-state index contributed by atoms with van der Waals surface area (Å²) in [4.78, 5) is 0. The van der Waals surface area contributed by atoms with Crippen molar-refractivity contribution in [2.45, 2.75) is 12.2 Å². The number of halogens is 4. The summed E-state index contributed by atoms with van der Waals surface area (Å²) in [5, 5.41) is 0. The number of hydrogen-bond donors (Lipinski definition) is 1. The van der Waals surface area contributed by atoms with Crippen molar-refractivity contribution < 1.29 is 22.0 Å². The first-order valence-corrected chi connectivity index (χ1v) is 2.97. The van der Waals surface area contributed by atoms with Gasteiger partial charge >= 0.3 is 6.18 Å². The molecular weight excluding hydrogens is 178 g/mol. The van der Waals surface area contributed by atoms with Crippen molar-refractivity contribution in [3.63, 3.8) is 0 Å². The smallest absolute Gasteiger partial charge is 0.407 e. The van der Waals surface area contributed by atoms with Crippen LogP contribution >= 0.6 is 0 Å². The van der Waals surface area contributed by atoms with Gasteiger partial charge in [-0.05, 0) is 0 Å². The van der Waals surface area contributed by atoms with E-state index in [2.05, 4.69) is 4.42 Å². The normalized spacial score (nSPS) is 14.8. The van der Waals surface area contributed by atoms with Crippen LogP contribution in [0.2, 0.25) is 0 Å². The van der Waals surface area contributed by atoms with E-state index in [1.807, 2.05) is 0 Å². The van der Waals surface area contributed by atoms with E-state index in [9.17, 15) is 17.6 Å². The fourth-order valence-electron chi connectivity index (χ4n) is 0.690. The van der Waals surface area contributed by atoms with E-state index in [0.29, 0.717) is 12.5 Å². The lowest BCUT2D eigenvalue weighted by molar-refractivity contribution is -0.149. The Morgan fingerprint density at radius 2 is 1.92 bits per heavy atom. The summed E-state index contributed by atoms with van der Waals surface area (Å²) in [6, 6.07) is -2.32. The number of rotatable bonds is 1. The second kappa shape index (κ2) is 2.78. The quantitative estimate of drug-likeness (QED) is 0.676. The predicted molar refractivity (Wildman–Crippen MR) is 31.6 cm³/mol. The molecule has 0 radical (unpaired) electrons. The van der Waals surface area contributed by atoms with Gasteiger partial charge in [0, 0.05) is 0 Å². The lowest BCUT2D eigenvalue weighted by atomic mass is 10.1. The van der Waals surface area contributed by atoms with E-state index in [4.69, 9.17) is 5.73 Å². The van der Waals surface area contributed by atoms with Crippen LogP contribution in [0.1, 0.15) is 11.6 Å². The molecule has 0 spiro atoms. The van der Waals surface area contributed by atoms with E-state index >= 15 is 0 Å². The third kappa shape index (κ3) is 1.58. The zero-order chi connectivity index (χ0) is 9.35. The van der Waals surface area contributed by atoms with Crippen molar-refractivity contribution in [2.24, 2.45) is 5.73 Å². The monoisotopic (exact) mass is 183 g/mol. The van der Waals surface area contributed by atoms with Gasteiger partial charge in [-0.3, -0.25) is 0 Å². The second-order valence-corrected chi connectivity index (χ2v) is 2.19. The number of nitrogens with two attached hydrogens (primary N) is 1. The van der Waals surface area contributed by atoms with Crippen LogP contribution in [-0.4, -0.2) is 6.18 Å². The van der Waals surface area contributed by atoms with Crippen molar-refractivity contribution in [1.29, 1.82) is 0 Å². The molecule has 1 aromatic heterocycles. The highest BCUT2D eigenvalue weighted by atomic mass is 19.4. The van der Waals surface area contributed by atoms with E-state index < -0.39 is 23.6 Å². The van der Waals surface area contributed by atoms with Gasteiger partial charge in [-0.25, -0.2) is 4.39 Å². The Morgan fingerprint density at radius 1 is 1.33 bits per heavy atom. The Kier molecular flexibility index (Phi) is 2.10. The zero-order valence-electron chi connectivity index (χ0n) is 5.73. The van der Waals surface area contributed by atoms with Crippen LogP contribution < -0.4 is 5.73 Å². The molecule has 0 aliphatic rings. The van der Waals surface area contributed by atoms with E-state index in [1.165, 1.54) is 0 Å². The Bertz CT molecular complexity index is 267. The number of furan rings is 1. The van der Waals surface area contributed by atoms with Crippen molar-refractivity contribution in [1.82, 2.24) is 0 Å². The summed E-state index contributed by atoms with van der Waals surface area (Å²) >= 11 is 0. The summed E-state index contributed by atoms with van der Waals surface area (Å²) in [6.45, 7) is 0. The average molecular weight is 183 g/mol. The molecule has 0 aliphatic heterocycles. The van der Waals surface area contributed by atoms with E-state index in [0.717, 1.165) is 0 Å². The van der Waals surface area contributed by atoms with Gasteiger partial charge in [0.15, 0.2) is 5.82 Å². The summed E-state index contributed by atoms with van der Waals surface area (Å²) in [6.07, 6.45) is -3.43. The molecular formula is C6H5F4NO. The highest BCUT2D eigenvalue weighted by Gasteiger charge is 2.40. The maximum Gasteiger partial charge on any atom is 0.407 e. The molecule has 12 heavy (non-hydrogen) atoms. The van der Waals surface area contributed by atoms with Crippen LogP contribution in [0.5, 0.6) is 0 Å². The molecule has 68 valence electrons. The number of hydrogen-bond acceptors (Lipinski definition) is 2. The molecule has 0 saturated heterocycles. The topological polar surface area (TPSA) is 39.2 Å². The van der Waals surface area contributed by atoms with Crippen LogP contribution in [0.25, 0.3) is 0 Å². The molecule has 0 amide bonds. The SMILES string of the molecule is N[C@H](c1cocc1F)C(F)(F)F. The molecule has 1 rings (SSSR count). The molecule has 1 atom stereocenters. The summed E-state index contributed by atoms with van der Waals surface area (Å²) in [5.41, 5.74) is 4.01. The predicted octanol–water partition coefficient (Wildman–Crippen LogP) is 1.98. The van der Waals surface area contributed by atoms with Gasteiger partial charge in [-0.2, -0.15) is 13.2 Å². The Hall–Kier alpha value is -1.04. The third-order valence-corrected chi connectivity index (χ3v) is 1.33. The molecule has 2 N–H and O–H groups in total. The molecule has 0 aromatic carbocycles. The lowest BCUT2D eigenvalue weighted by Crippen LogP contribution is -2.28. The Balaban J connectivity index is 2.92. The van der Waals surface area contributed by atoms with Gasteiger partial charge in [-0.1, -0.05) is 0 Å². The molecule has 0 bridgehead atoms. The first-order valence-electron chi connectivity index (χ1n) is 2.97. The minimum Gasteiger partial charge on any atom is -0.469 e. The summed E-state index contributed by atoms with van der Waals surface area (Å²) < 4.78 is 52.2. The molecule has 0 fully saturated rings. The molecule has 6 heteroatoms. The number of alkyl halides is 3. The van der Waals surface area contributed by atoms with Crippen LogP contribution in [0, 0.1) is 5.82 Å². The maximum atomic E-state index is 12.5. The van der Waals surface area contributed by atoms with Gasteiger partial charge in [0.2, 0.25) is 0 Å². The first kappa shape index (κ1) is 9.05. The van der Waals surface area contributed by atoms with Crippen LogP contribution in [0.15, 0.2) is 16.9 Å². The largest absolute Gasteiger partial charge is 0.469 e. The fraction of sp³-hybridized carbons (Fsp3) is 0.333. The first-order chi connectivity index (χ1) is 5.43. The van der Waals surface area contributed by atoms with Crippen molar-refractivity contribution in [3.05, 3.63) is 23.9 Å². The van der Waals surface area contributed by atoms with E-state index in [-0.39, 0.29) is 0 Å². The minimum absolute atomic E-state index is 0.570.